The normalized spacial score (nSPS) is 24.4. The minimum Gasteiger partial charge on any atom is -0.393 e. The summed E-state index contributed by atoms with van der Waals surface area (Å²) in [6, 6.07) is 8.12. The van der Waals surface area contributed by atoms with Crippen LogP contribution < -0.4 is 9.80 Å². The van der Waals surface area contributed by atoms with Gasteiger partial charge in [-0.25, -0.2) is 15.0 Å². The molecule has 0 unspecified atom stereocenters. The Morgan fingerprint density at radius 2 is 1.65 bits per heavy atom. The summed E-state index contributed by atoms with van der Waals surface area (Å²) in [5.74, 6) is 2.43. The SMILES string of the molecule is OC1CC(c2cc(N3CCN(c4ccccn4)CC3)ncn2)C1. The maximum Gasteiger partial charge on any atom is 0.132 e. The molecule has 4 rings (SSSR count). The maximum absolute atomic E-state index is 9.47. The molecule has 6 nitrogen and oxygen atoms in total. The molecule has 0 bridgehead atoms. The summed E-state index contributed by atoms with van der Waals surface area (Å²) in [6.07, 6.45) is 4.99. The van der Waals surface area contributed by atoms with E-state index >= 15 is 0 Å². The molecule has 0 radical (unpaired) electrons. The molecule has 1 aliphatic carbocycles. The number of hydrogen-bond acceptors (Lipinski definition) is 6. The van der Waals surface area contributed by atoms with Gasteiger partial charge >= 0.3 is 0 Å². The number of nitrogens with zero attached hydrogens (tertiary/aromatic N) is 5. The minimum atomic E-state index is -0.152. The summed E-state index contributed by atoms with van der Waals surface area (Å²) >= 11 is 0. The predicted octanol–water partition coefficient (Wildman–Crippen LogP) is 1.44. The smallest absolute Gasteiger partial charge is 0.132 e. The lowest BCUT2D eigenvalue weighted by molar-refractivity contribution is 0.0732. The standard InChI is InChI=1S/C17H21N5O/c23-14-9-13(10-14)15-11-17(20-12-19-15)22-7-5-21(6-8-22)16-3-1-2-4-18-16/h1-4,11-14,23H,5-10H2. The summed E-state index contributed by atoms with van der Waals surface area (Å²) in [5, 5.41) is 9.47. The number of aliphatic hydroxyl groups excluding tert-OH is 1. The first-order valence-electron chi connectivity index (χ1n) is 8.20. The van der Waals surface area contributed by atoms with Gasteiger partial charge in [-0.15, -0.1) is 0 Å². The van der Waals surface area contributed by atoms with Crippen molar-refractivity contribution in [1.29, 1.82) is 0 Å². The summed E-state index contributed by atoms with van der Waals surface area (Å²) in [6.45, 7) is 3.75. The second-order valence-corrected chi connectivity index (χ2v) is 6.29. The van der Waals surface area contributed by atoms with Gasteiger partial charge in [-0.2, -0.15) is 0 Å². The van der Waals surface area contributed by atoms with Crippen LogP contribution in [0.2, 0.25) is 0 Å². The Morgan fingerprint density at radius 1 is 0.913 bits per heavy atom. The molecule has 2 aromatic heterocycles. The van der Waals surface area contributed by atoms with Crippen LogP contribution in [-0.4, -0.2) is 52.3 Å². The number of piperazine rings is 1. The van der Waals surface area contributed by atoms with Gasteiger partial charge in [0, 0.05) is 50.1 Å². The molecule has 2 aromatic rings. The molecule has 0 spiro atoms. The van der Waals surface area contributed by atoms with E-state index < -0.39 is 0 Å². The topological polar surface area (TPSA) is 65.4 Å². The Kier molecular flexibility index (Phi) is 3.83. The Balaban J connectivity index is 1.41. The maximum atomic E-state index is 9.47. The van der Waals surface area contributed by atoms with Gasteiger partial charge in [0.25, 0.3) is 0 Å². The first-order chi connectivity index (χ1) is 11.3. The van der Waals surface area contributed by atoms with E-state index in [-0.39, 0.29) is 6.10 Å². The van der Waals surface area contributed by atoms with E-state index in [4.69, 9.17) is 0 Å². The molecule has 0 amide bonds. The van der Waals surface area contributed by atoms with Crippen molar-refractivity contribution in [2.75, 3.05) is 36.0 Å². The van der Waals surface area contributed by atoms with Crippen LogP contribution >= 0.6 is 0 Å². The molecule has 1 N–H and O–H groups in total. The van der Waals surface area contributed by atoms with E-state index in [1.807, 2.05) is 18.3 Å². The highest BCUT2D eigenvalue weighted by molar-refractivity contribution is 5.45. The lowest BCUT2D eigenvalue weighted by Gasteiger charge is -2.36. The van der Waals surface area contributed by atoms with Crippen molar-refractivity contribution in [2.45, 2.75) is 24.9 Å². The zero-order valence-electron chi connectivity index (χ0n) is 13.0. The van der Waals surface area contributed by atoms with Crippen molar-refractivity contribution in [2.24, 2.45) is 0 Å². The highest BCUT2D eigenvalue weighted by Crippen LogP contribution is 2.36. The van der Waals surface area contributed by atoms with Crippen molar-refractivity contribution in [3.63, 3.8) is 0 Å². The summed E-state index contributed by atoms with van der Waals surface area (Å²) in [7, 11) is 0. The largest absolute Gasteiger partial charge is 0.393 e. The van der Waals surface area contributed by atoms with Gasteiger partial charge in [0.05, 0.1) is 6.10 Å². The second-order valence-electron chi connectivity index (χ2n) is 6.29. The Bertz CT molecular complexity index is 651. The quantitative estimate of drug-likeness (QED) is 0.925. The van der Waals surface area contributed by atoms with Crippen LogP contribution in [-0.2, 0) is 0 Å². The molecule has 2 aliphatic rings. The molecular weight excluding hydrogens is 290 g/mol. The van der Waals surface area contributed by atoms with Gasteiger partial charge in [0.1, 0.15) is 18.0 Å². The second kappa shape index (κ2) is 6.12. The highest BCUT2D eigenvalue weighted by atomic mass is 16.3. The fourth-order valence-electron chi connectivity index (χ4n) is 3.29. The lowest BCUT2D eigenvalue weighted by atomic mass is 9.80. The third-order valence-corrected chi connectivity index (χ3v) is 4.78. The molecule has 6 heteroatoms. The highest BCUT2D eigenvalue weighted by Gasteiger charge is 2.30. The third kappa shape index (κ3) is 2.99. The van der Waals surface area contributed by atoms with Gasteiger partial charge in [-0.05, 0) is 25.0 Å². The number of aliphatic hydroxyl groups is 1. The molecule has 120 valence electrons. The molecule has 2 fully saturated rings. The van der Waals surface area contributed by atoms with Crippen LogP contribution in [0, 0.1) is 0 Å². The monoisotopic (exact) mass is 311 g/mol. The molecular formula is C17H21N5O. The van der Waals surface area contributed by atoms with E-state index in [1.54, 1.807) is 6.33 Å². The molecule has 0 aromatic carbocycles. The van der Waals surface area contributed by atoms with Gasteiger partial charge in [-0.1, -0.05) is 6.07 Å². The number of rotatable bonds is 3. The van der Waals surface area contributed by atoms with Gasteiger partial charge in [0.2, 0.25) is 0 Å². The zero-order valence-corrected chi connectivity index (χ0v) is 13.0. The van der Waals surface area contributed by atoms with E-state index in [1.165, 1.54) is 0 Å². The third-order valence-electron chi connectivity index (χ3n) is 4.78. The van der Waals surface area contributed by atoms with Crippen LogP contribution in [0.3, 0.4) is 0 Å². The van der Waals surface area contributed by atoms with Crippen molar-refractivity contribution in [3.05, 3.63) is 42.5 Å². The molecule has 3 heterocycles. The van der Waals surface area contributed by atoms with Crippen LogP contribution in [0.5, 0.6) is 0 Å². The molecule has 0 atom stereocenters. The van der Waals surface area contributed by atoms with Crippen molar-refractivity contribution in [3.8, 4) is 0 Å². The average Bonchev–Trinajstić information content (AvgIpc) is 2.60. The summed E-state index contributed by atoms with van der Waals surface area (Å²) < 4.78 is 0. The van der Waals surface area contributed by atoms with E-state index in [9.17, 15) is 5.11 Å². The van der Waals surface area contributed by atoms with Crippen molar-refractivity contribution < 1.29 is 5.11 Å². The lowest BCUT2D eigenvalue weighted by Crippen LogP contribution is -2.47. The van der Waals surface area contributed by atoms with E-state index in [2.05, 4.69) is 36.9 Å². The predicted molar refractivity (Wildman–Crippen MR) is 88.7 cm³/mol. The zero-order chi connectivity index (χ0) is 15.6. The molecule has 23 heavy (non-hydrogen) atoms. The fraction of sp³-hybridized carbons (Fsp3) is 0.471. The van der Waals surface area contributed by atoms with Crippen molar-refractivity contribution in [1.82, 2.24) is 15.0 Å². The van der Waals surface area contributed by atoms with Crippen LogP contribution in [0.1, 0.15) is 24.5 Å². The number of hydrogen-bond donors (Lipinski definition) is 1. The Hall–Kier alpha value is -2.21. The Labute approximate surface area is 135 Å². The van der Waals surface area contributed by atoms with Crippen LogP contribution in [0.4, 0.5) is 11.6 Å². The summed E-state index contributed by atoms with van der Waals surface area (Å²) in [4.78, 5) is 17.9. The van der Waals surface area contributed by atoms with E-state index in [0.717, 1.165) is 56.4 Å². The molecule has 1 saturated heterocycles. The first-order valence-corrected chi connectivity index (χ1v) is 8.20. The van der Waals surface area contributed by atoms with Gasteiger partial charge in [-0.3, -0.25) is 0 Å². The summed E-state index contributed by atoms with van der Waals surface area (Å²) in [5.41, 5.74) is 1.06. The molecule has 1 aliphatic heterocycles. The molecule has 1 saturated carbocycles. The fourth-order valence-corrected chi connectivity index (χ4v) is 3.29. The van der Waals surface area contributed by atoms with Gasteiger partial charge < -0.3 is 14.9 Å². The Morgan fingerprint density at radius 3 is 2.30 bits per heavy atom. The minimum absolute atomic E-state index is 0.152. The first kappa shape index (κ1) is 14.4. The van der Waals surface area contributed by atoms with E-state index in [0.29, 0.717) is 5.92 Å². The van der Waals surface area contributed by atoms with Crippen molar-refractivity contribution >= 4 is 11.6 Å². The number of pyridine rings is 1. The number of anilines is 2. The average molecular weight is 311 g/mol. The van der Waals surface area contributed by atoms with Gasteiger partial charge in [0.15, 0.2) is 0 Å². The number of aromatic nitrogens is 3. The van der Waals surface area contributed by atoms with Crippen LogP contribution in [0.25, 0.3) is 0 Å². The van der Waals surface area contributed by atoms with Crippen LogP contribution in [0.15, 0.2) is 36.8 Å².